The van der Waals surface area contributed by atoms with Gasteiger partial charge >= 0.3 is 18.1 Å². The van der Waals surface area contributed by atoms with Crippen LogP contribution in [-0.4, -0.2) is 20.3 Å². The fourth-order valence-corrected chi connectivity index (χ4v) is 1.54. The first-order valence-electron chi connectivity index (χ1n) is 5.54. The van der Waals surface area contributed by atoms with E-state index in [1.807, 2.05) is 0 Å². The predicted molar refractivity (Wildman–Crippen MR) is 62.7 cm³/mol. The van der Waals surface area contributed by atoms with Crippen LogP contribution in [0.5, 0.6) is 5.75 Å². The maximum atomic E-state index is 12.3. The zero-order valence-corrected chi connectivity index (χ0v) is 10.8. The van der Waals surface area contributed by atoms with Crippen LogP contribution in [0.15, 0.2) is 4.42 Å². The van der Waals surface area contributed by atoms with Crippen molar-refractivity contribution in [2.24, 2.45) is 0 Å². The smallest absolute Gasteiger partial charge is 0.470 e. The topological polar surface area (TPSA) is 84.1 Å². The van der Waals surface area contributed by atoms with Crippen molar-refractivity contribution in [3.8, 4) is 5.75 Å². The summed E-state index contributed by atoms with van der Waals surface area (Å²) in [4.78, 5) is 4.03. The second kappa shape index (κ2) is 4.66. The van der Waals surface area contributed by atoms with Crippen molar-refractivity contribution in [1.29, 1.82) is 0 Å². The maximum Gasteiger partial charge on any atom is 0.470 e. The summed E-state index contributed by atoms with van der Waals surface area (Å²) in [6.45, 7) is 4.90. The van der Waals surface area contributed by atoms with E-state index in [-0.39, 0.29) is 11.6 Å². The molecule has 2 heterocycles. The van der Waals surface area contributed by atoms with Crippen molar-refractivity contribution in [2.75, 3.05) is 5.32 Å². The molecule has 2 aromatic rings. The average Bonchev–Trinajstić information content (AvgIpc) is 2.82. The number of aryl methyl sites for hydroxylation is 1. The molecular formula is C11H11F3N4O2. The summed E-state index contributed by atoms with van der Waals surface area (Å²) in [5, 5.41) is 18.4. The molecule has 0 aliphatic carbocycles. The number of alkyl halides is 3. The standard InChI is InChI=1S/C11H11F3N4O2/c1-4-5(2)8(15-6(3)7(4)19)16-10-18-17-9(20-10)11(12,13)14/h19H,1-3H3,(H,15,16,18). The normalized spacial score (nSPS) is 11.7. The van der Waals surface area contributed by atoms with Gasteiger partial charge in [0, 0.05) is 0 Å². The van der Waals surface area contributed by atoms with Crippen LogP contribution in [0.1, 0.15) is 22.7 Å². The van der Waals surface area contributed by atoms with Crippen LogP contribution in [-0.2, 0) is 6.18 Å². The highest BCUT2D eigenvalue weighted by Gasteiger charge is 2.38. The summed E-state index contributed by atoms with van der Waals surface area (Å²) in [7, 11) is 0. The number of hydrogen-bond donors (Lipinski definition) is 2. The molecule has 6 nitrogen and oxygen atoms in total. The fourth-order valence-electron chi connectivity index (χ4n) is 1.54. The van der Waals surface area contributed by atoms with Gasteiger partial charge in [0.1, 0.15) is 11.6 Å². The molecule has 0 bridgehead atoms. The van der Waals surface area contributed by atoms with E-state index in [1.54, 1.807) is 20.8 Å². The molecule has 20 heavy (non-hydrogen) atoms. The summed E-state index contributed by atoms with van der Waals surface area (Å²) in [6, 6.07) is -0.419. The number of rotatable bonds is 2. The highest BCUT2D eigenvalue weighted by atomic mass is 19.4. The molecule has 9 heteroatoms. The van der Waals surface area contributed by atoms with Gasteiger partial charge in [0.2, 0.25) is 0 Å². The minimum Gasteiger partial charge on any atom is -0.506 e. The number of hydrogen-bond acceptors (Lipinski definition) is 6. The Morgan fingerprint density at radius 1 is 1.10 bits per heavy atom. The number of aromatic nitrogens is 3. The number of aromatic hydroxyl groups is 1. The van der Waals surface area contributed by atoms with Crippen molar-refractivity contribution in [3.05, 3.63) is 22.7 Å². The van der Waals surface area contributed by atoms with Gasteiger partial charge in [0.05, 0.1) is 5.69 Å². The summed E-state index contributed by atoms with van der Waals surface area (Å²) in [5.41, 5.74) is 1.47. The second-order valence-corrected chi connectivity index (χ2v) is 4.18. The zero-order chi connectivity index (χ0) is 15.1. The molecular weight excluding hydrogens is 277 g/mol. The number of nitrogens with one attached hydrogen (secondary N) is 1. The van der Waals surface area contributed by atoms with Crippen LogP contribution in [0, 0.1) is 20.8 Å². The van der Waals surface area contributed by atoms with Crippen LogP contribution < -0.4 is 5.32 Å². The van der Waals surface area contributed by atoms with Crippen molar-refractivity contribution >= 4 is 11.8 Å². The summed E-state index contributed by atoms with van der Waals surface area (Å²) < 4.78 is 41.4. The highest BCUT2D eigenvalue weighted by Crippen LogP contribution is 2.31. The first-order chi connectivity index (χ1) is 9.20. The Bertz CT molecular complexity index is 652. The molecule has 0 amide bonds. The van der Waals surface area contributed by atoms with Gasteiger partial charge in [-0.15, -0.1) is 5.10 Å². The van der Waals surface area contributed by atoms with Crippen molar-refractivity contribution in [3.63, 3.8) is 0 Å². The quantitative estimate of drug-likeness (QED) is 0.884. The monoisotopic (exact) mass is 288 g/mol. The van der Waals surface area contributed by atoms with Gasteiger partial charge in [0.15, 0.2) is 0 Å². The number of halogens is 3. The molecule has 0 aromatic carbocycles. The van der Waals surface area contributed by atoms with Crippen LogP contribution in [0.4, 0.5) is 25.0 Å². The lowest BCUT2D eigenvalue weighted by molar-refractivity contribution is -0.156. The van der Waals surface area contributed by atoms with Gasteiger partial charge in [-0.1, -0.05) is 5.10 Å². The Morgan fingerprint density at radius 3 is 2.30 bits per heavy atom. The Hall–Kier alpha value is -2.32. The summed E-state index contributed by atoms with van der Waals surface area (Å²) >= 11 is 0. The molecule has 108 valence electrons. The van der Waals surface area contributed by atoms with Gasteiger partial charge < -0.3 is 9.52 Å². The Morgan fingerprint density at radius 2 is 1.75 bits per heavy atom. The van der Waals surface area contributed by atoms with Crippen LogP contribution in [0.2, 0.25) is 0 Å². The predicted octanol–water partition coefficient (Wildman–Crippen LogP) is 2.86. The van der Waals surface area contributed by atoms with E-state index in [0.29, 0.717) is 16.8 Å². The molecule has 2 aromatic heterocycles. The Balaban J connectivity index is 2.34. The number of pyridine rings is 1. The van der Waals surface area contributed by atoms with E-state index in [1.165, 1.54) is 0 Å². The van der Waals surface area contributed by atoms with Gasteiger partial charge in [0.25, 0.3) is 0 Å². The van der Waals surface area contributed by atoms with Gasteiger partial charge in [-0.2, -0.15) is 13.2 Å². The molecule has 0 spiro atoms. The van der Waals surface area contributed by atoms with Gasteiger partial charge in [-0.3, -0.25) is 5.32 Å². The van der Waals surface area contributed by atoms with E-state index < -0.39 is 18.1 Å². The highest BCUT2D eigenvalue weighted by molar-refractivity contribution is 5.58. The lowest BCUT2D eigenvalue weighted by Crippen LogP contribution is -2.04. The minimum atomic E-state index is -4.70. The van der Waals surface area contributed by atoms with E-state index in [9.17, 15) is 18.3 Å². The molecule has 0 aliphatic rings. The second-order valence-electron chi connectivity index (χ2n) is 4.18. The molecule has 0 aliphatic heterocycles. The molecule has 0 radical (unpaired) electrons. The SMILES string of the molecule is Cc1nc(Nc2nnc(C(F)(F)F)o2)c(C)c(C)c1O. The lowest BCUT2D eigenvalue weighted by Gasteiger charge is -2.11. The maximum absolute atomic E-state index is 12.3. The molecule has 2 N–H and O–H groups in total. The van der Waals surface area contributed by atoms with E-state index in [0.717, 1.165) is 0 Å². The molecule has 0 saturated carbocycles. The Labute approximate surface area is 111 Å². The molecule has 0 saturated heterocycles. The van der Waals surface area contributed by atoms with Crippen LogP contribution >= 0.6 is 0 Å². The lowest BCUT2D eigenvalue weighted by atomic mass is 10.1. The Kier molecular flexibility index (Phi) is 3.28. The van der Waals surface area contributed by atoms with E-state index >= 15 is 0 Å². The molecule has 2 rings (SSSR count). The third-order valence-corrected chi connectivity index (χ3v) is 2.79. The fraction of sp³-hybridized carbons (Fsp3) is 0.364. The summed E-state index contributed by atoms with van der Waals surface area (Å²) in [5.74, 6) is -1.16. The zero-order valence-electron chi connectivity index (χ0n) is 10.8. The molecule has 0 atom stereocenters. The molecule has 0 fully saturated rings. The number of anilines is 2. The van der Waals surface area contributed by atoms with Crippen molar-refractivity contribution in [2.45, 2.75) is 26.9 Å². The van der Waals surface area contributed by atoms with Crippen molar-refractivity contribution in [1.82, 2.24) is 15.2 Å². The van der Waals surface area contributed by atoms with Crippen LogP contribution in [0.25, 0.3) is 0 Å². The molecule has 0 unspecified atom stereocenters. The third kappa shape index (κ3) is 2.51. The van der Waals surface area contributed by atoms with Gasteiger partial charge in [-0.25, -0.2) is 4.98 Å². The van der Waals surface area contributed by atoms with Gasteiger partial charge in [-0.05, 0) is 31.9 Å². The van der Waals surface area contributed by atoms with E-state index in [4.69, 9.17) is 0 Å². The average molecular weight is 288 g/mol. The third-order valence-electron chi connectivity index (χ3n) is 2.79. The largest absolute Gasteiger partial charge is 0.506 e. The summed E-state index contributed by atoms with van der Waals surface area (Å²) in [6.07, 6.45) is -4.70. The first-order valence-corrected chi connectivity index (χ1v) is 5.54. The van der Waals surface area contributed by atoms with Crippen LogP contribution in [0.3, 0.4) is 0 Å². The number of nitrogens with zero attached hydrogens (tertiary/aromatic N) is 3. The minimum absolute atomic E-state index is 0.0366. The van der Waals surface area contributed by atoms with E-state index in [2.05, 4.69) is 24.9 Å². The van der Waals surface area contributed by atoms with Crippen molar-refractivity contribution < 1.29 is 22.7 Å². The first kappa shape index (κ1) is 14.1.